The third-order valence-electron chi connectivity index (χ3n) is 3.36. The number of hydrogen-bond acceptors (Lipinski definition) is 3. The van der Waals surface area contributed by atoms with Gasteiger partial charge >= 0.3 is 0 Å². The number of anilines is 2. The van der Waals surface area contributed by atoms with Gasteiger partial charge in [-0.25, -0.2) is 0 Å². The van der Waals surface area contributed by atoms with Gasteiger partial charge < -0.3 is 15.8 Å². The van der Waals surface area contributed by atoms with E-state index in [-0.39, 0.29) is 5.91 Å². The molecule has 1 amide bonds. The molecule has 0 fully saturated rings. The highest BCUT2D eigenvalue weighted by molar-refractivity contribution is 6.05. The molecule has 4 nitrogen and oxygen atoms in total. The summed E-state index contributed by atoms with van der Waals surface area (Å²) in [4.78, 5) is 12.3. The third kappa shape index (κ3) is 3.79. The van der Waals surface area contributed by atoms with Gasteiger partial charge in [-0.3, -0.25) is 4.79 Å². The van der Waals surface area contributed by atoms with Crippen molar-refractivity contribution in [2.45, 2.75) is 27.2 Å². The Balaban J connectivity index is 2.14. The minimum atomic E-state index is -0.180. The zero-order chi connectivity index (χ0) is 16.1. The van der Waals surface area contributed by atoms with E-state index in [1.54, 1.807) is 18.2 Å². The number of benzene rings is 2. The van der Waals surface area contributed by atoms with E-state index < -0.39 is 0 Å². The first-order chi connectivity index (χ1) is 10.5. The second-order valence-electron chi connectivity index (χ2n) is 5.37. The van der Waals surface area contributed by atoms with Crippen LogP contribution in [0.2, 0.25) is 0 Å². The number of amides is 1. The van der Waals surface area contributed by atoms with Gasteiger partial charge in [0.25, 0.3) is 5.91 Å². The number of aryl methyl sites for hydroxylation is 2. The summed E-state index contributed by atoms with van der Waals surface area (Å²) in [5, 5.41) is 2.91. The lowest BCUT2D eigenvalue weighted by Crippen LogP contribution is -2.13. The van der Waals surface area contributed by atoms with Crippen LogP contribution < -0.4 is 15.8 Å². The number of carbonyl (C=O) groups excluding carboxylic acids is 1. The first-order valence-electron chi connectivity index (χ1n) is 7.42. The molecule has 0 radical (unpaired) electrons. The summed E-state index contributed by atoms with van der Waals surface area (Å²) in [5.74, 6) is 0.436. The van der Waals surface area contributed by atoms with Crippen molar-refractivity contribution in [1.29, 1.82) is 0 Å². The molecule has 0 unspecified atom stereocenters. The fourth-order valence-electron chi connectivity index (χ4n) is 2.18. The third-order valence-corrected chi connectivity index (χ3v) is 3.36. The Morgan fingerprint density at radius 3 is 2.59 bits per heavy atom. The van der Waals surface area contributed by atoms with Gasteiger partial charge in [0.05, 0.1) is 12.3 Å². The van der Waals surface area contributed by atoms with Crippen molar-refractivity contribution in [3.8, 4) is 5.75 Å². The van der Waals surface area contributed by atoms with Gasteiger partial charge in [-0.2, -0.15) is 0 Å². The maximum atomic E-state index is 12.3. The van der Waals surface area contributed by atoms with E-state index in [2.05, 4.69) is 5.32 Å². The first-order valence-corrected chi connectivity index (χ1v) is 7.42. The summed E-state index contributed by atoms with van der Waals surface area (Å²) in [6.45, 7) is 6.63. The number of carbonyl (C=O) groups is 1. The maximum absolute atomic E-state index is 12.3. The van der Waals surface area contributed by atoms with Crippen LogP contribution >= 0.6 is 0 Å². The van der Waals surface area contributed by atoms with E-state index in [9.17, 15) is 4.79 Å². The first kappa shape index (κ1) is 15.9. The molecule has 2 rings (SSSR count). The number of nitrogen functional groups attached to an aromatic ring is 1. The molecule has 2 aromatic carbocycles. The van der Waals surface area contributed by atoms with Crippen LogP contribution in [-0.2, 0) is 0 Å². The highest BCUT2D eigenvalue weighted by atomic mass is 16.5. The molecule has 0 saturated heterocycles. The van der Waals surface area contributed by atoms with E-state index in [0.717, 1.165) is 23.2 Å². The van der Waals surface area contributed by atoms with Gasteiger partial charge in [-0.1, -0.05) is 24.6 Å². The smallest absolute Gasteiger partial charge is 0.255 e. The molecule has 0 spiro atoms. The van der Waals surface area contributed by atoms with Crippen molar-refractivity contribution in [2.75, 3.05) is 17.7 Å². The molecule has 0 aliphatic heterocycles. The molecule has 0 saturated carbocycles. The lowest BCUT2D eigenvalue weighted by molar-refractivity contribution is 0.102. The highest BCUT2D eigenvalue weighted by Crippen LogP contribution is 2.24. The van der Waals surface area contributed by atoms with Crippen LogP contribution in [0.1, 0.15) is 34.8 Å². The van der Waals surface area contributed by atoms with Crippen LogP contribution in [0, 0.1) is 13.8 Å². The van der Waals surface area contributed by atoms with Gasteiger partial charge in [0, 0.05) is 11.3 Å². The van der Waals surface area contributed by atoms with Gasteiger partial charge in [0.2, 0.25) is 0 Å². The van der Waals surface area contributed by atoms with Gasteiger partial charge in [0.1, 0.15) is 5.75 Å². The minimum absolute atomic E-state index is 0.180. The molecule has 116 valence electrons. The Labute approximate surface area is 131 Å². The summed E-state index contributed by atoms with van der Waals surface area (Å²) >= 11 is 0. The number of hydrogen-bond donors (Lipinski definition) is 2. The van der Waals surface area contributed by atoms with Gasteiger partial charge in [0.15, 0.2) is 0 Å². The molecule has 0 atom stereocenters. The predicted molar refractivity (Wildman–Crippen MR) is 90.5 cm³/mol. The molecule has 2 aromatic rings. The van der Waals surface area contributed by atoms with Crippen LogP contribution in [0.4, 0.5) is 11.4 Å². The summed E-state index contributed by atoms with van der Waals surface area (Å²) in [5.41, 5.74) is 9.93. The van der Waals surface area contributed by atoms with E-state index in [1.165, 1.54) is 0 Å². The fraction of sp³-hybridized carbons (Fsp3) is 0.278. The van der Waals surface area contributed by atoms with Crippen LogP contribution in [0.3, 0.4) is 0 Å². The average Bonchev–Trinajstić information content (AvgIpc) is 2.48. The predicted octanol–water partition coefficient (Wildman–Crippen LogP) is 3.93. The number of rotatable bonds is 5. The summed E-state index contributed by atoms with van der Waals surface area (Å²) < 4.78 is 5.51. The standard InChI is InChI=1S/C18H22N2O2/c1-4-9-22-17-8-6-14(11-15(17)19)18(21)20-16-7-5-12(2)10-13(16)3/h5-8,10-11H,4,9,19H2,1-3H3,(H,20,21). The van der Waals surface area contributed by atoms with E-state index in [1.807, 2.05) is 39.0 Å². The molecule has 0 heterocycles. The Hall–Kier alpha value is -2.49. The van der Waals surface area contributed by atoms with Crippen molar-refractivity contribution < 1.29 is 9.53 Å². The number of ether oxygens (including phenoxy) is 1. The zero-order valence-corrected chi connectivity index (χ0v) is 13.3. The molecule has 0 bridgehead atoms. The molecule has 4 heteroatoms. The summed E-state index contributed by atoms with van der Waals surface area (Å²) in [6, 6.07) is 11.0. The highest BCUT2D eigenvalue weighted by Gasteiger charge is 2.10. The van der Waals surface area contributed by atoms with Crippen LogP contribution in [-0.4, -0.2) is 12.5 Å². The molecular formula is C18H22N2O2. The Kier molecular flexibility index (Phi) is 5.04. The van der Waals surface area contributed by atoms with E-state index in [4.69, 9.17) is 10.5 Å². The molecule has 0 aromatic heterocycles. The fourth-order valence-corrected chi connectivity index (χ4v) is 2.18. The van der Waals surface area contributed by atoms with Crippen molar-refractivity contribution in [3.05, 3.63) is 53.1 Å². The van der Waals surface area contributed by atoms with Crippen molar-refractivity contribution >= 4 is 17.3 Å². The maximum Gasteiger partial charge on any atom is 0.255 e. The summed E-state index contributed by atoms with van der Waals surface area (Å²) in [7, 11) is 0. The second kappa shape index (κ2) is 6.98. The molecular weight excluding hydrogens is 276 g/mol. The number of nitrogens with one attached hydrogen (secondary N) is 1. The van der Waals surface area contributed by atoms with Gasteiger partial charge in [-0.15, -0.1) is 0 Å². The lowest BCUT2D eigenvalue weighted by Gasteiger charge is -2.11. The normalized spacial score (nSPS) is 10.3. The molecule has 3 N–H and O–H groups in total. The van der Waals surface area contributed by atoms with Gasteiger partial charge in [-0.05, 0) is 50.1 Å². The van der Waals surface area contributed by atoms with Crippen molar-refractivity contribution in [1.82, 2.24) is 0 Å². The lowest BCUT2D eigenvalue weighted by atomic mass is 10.1. The monoisotopic (exact) mass is 298 g/mol. The van der Waals surface area contributed by atoms with Crippen molar-refractivity contribution in [2.24, 2.45) is 0 Å². The van der Waals surface area contributed by atoms with Crippen LogP contribution in [0.15, 0.2) is 36.4 Å². The SMILES string of the molecule is CCCOc1ccc(C(=O)Nc2ccc(C)cc2C)cc1N. The average molecular weight is 298 g/mol. The van der Waals surface area contributed by atoms with Crippen LogP contribution in [0.25, 0.3) is 0 Å². The zero-order valence-electron chi connectivity index (χ0n) is 13.3. The molecule has 0 aliphatic rings. The second-order valence-corrected chi connectivity index (χ2v) is 5.37. The minimum Gasteiger partial charge on any atom is -0.491 e. The number of nitrogens with two attached hydrogens (primary N) is 1. The topological polar surface area (TPSA) is 64.3 Å². The van der Waals surface area contributed by atoms with Crippen molar-refractivity contribution in [3.63, 3.8) is 0 Å². The van der Waals surface area contributed by atoms with Crippen LogP contribution in [0.5, 0.6) is 5.75 Å². The van der Waals surface area contributed by atoms with E-state index in [0.29, 0.717) is 23.6 Å². The molecule has 22 heavy (non-hydrogen) atoms. The Morgan fingerprint density at radius 1 is 1.18 bits per heavy atom. The van der Waals surface area contributed by atoms with E-state index >= 15 is 0 Å². The summed E-state index contributed by atoms with van der Waals surface area (Å²) in [6.07, 6.45) is 0.911. The largest absolute Gasteiger partial charge is 0.491 e. The quantitative estimate of drug-likeness (QED) is 0.822. The molecule has 0 aliphatic carbocycles. The Bertz CT molecular complexity index is 681. The Morgan fingerprint density at radius 2 is 1.95 bits per heavy atom.